The molecule has 1 amide bonds. The Labute approximate surface area is 129 Å². The van der Waals surface area contributed by atoms with Gasteiger partial charge in [0, 0.05) is 24.3 Å². The lowest BCUT2D eigenvalue weighted by Crippen LogP contribution is -2.18. The molecule has 1 fully saturated rings. The maximum absolute atomic E-state index is 12.2. The van der Waals surface area contributed by atoms with Crippen LogP contribution in [0.5, 0.6) is 0 Å². The molecule has 3 rings (SSSR count). The molecule has 3 nitrogen and oxygen atoms in total. The minimum atomic E-state index is -0.143. The molecule has 1 saturated heterocycles. The molecule has 0 aromatic heterocycles. The maximum Gasteiger partial charge on any atom is 0.255 e. The fourth-order valence-electron chi connectivity index (χ4n) is 2.57. The number of nitrogens with zero attached hydrogens (tertiary/aromatic N) is 1. The Morgan fingerprint density at radius 1 is 1.05 bits per heavy atom. The van der Waals surface area contributed by atoms with Gasteiger partial charge in [-0.3, -0.25) is 4.79 Å². The number of carbonyl (C=O) groups excluding carboxylic acids is 1. The Bertz CT molecular complexity index is 636. The summed E-state index contributed by atoms with van der Waals surface area (Å²) in [4.78, 5) is 14.5. The van der Waals surface area contributed by atoms with E-state index < -0.39 is 0 Å². The molecular formula is C17H17ClN2O. The predicted octanol–water partition coefficient (Wildman–Crippen LogP) is 4.19. The lowest BCUT2D eigenvalue weighted by atomic mass is 10.2. The van der Waals surface area contributed by atoms with Gasteiger partial charge in [0.25, 0.3) is 5.91 Å². The molecule has 1 N–H and O–H groups in total. The smallest absolute Gasteiger partial charge is 0.255 e. The number of rotatable bonds is 3. The van der Waals surface area contributed by atoms with Crippen LogP contribution in [-0.2, 0) is 0 Å². The number of hydrogen-bond acceptors (Lipinski definition) is 2. The summed E-state index contributed by atoms with van der Waals surface area (Å²) in [6, 6.07) is 14.9. The molecule has 1 heterocycles. The molecule has 2 aromatic rings. The fraction of sp³-hybridized carbons (Fsp3) is 0.235. The van der Waals surface area contributed by atoms with Crippen molar-refractivity contribution in [2.24, 2.45) is 0 Å². The highest BCUT2D eigenvalue weighted by molar-refractivity contribution is 6.34. The summed E-state index contributed by atoms with van der Waals surface area (Å²) in [6.45, 7) is 2.13. The quantitative estimate of drug-likeness (QED) is 0.921. The second-order valence-electron chi connectivity index (χ2n) is 5.18. The number of nitrogens with one attached hydrogen (secondary N) is 1. The summed E-state index contributed by atoms with van der Waals surface area (Å²) >= 11 is 6.20. The van der Waals surface area contributed by atoms with Crippen molar-refractivity contribution in [3.05, 3.63) is 59.1 Å². The standard InChI is InChI=1S/C17H17ClN2O/c18-15-9-8-14(20-10-4-5-11-20)12-16(15)19-17(21)13-6-2-1-3-7-13/h1-3,6-9,12H,4-5,10-11H2,(H,19,21). The first-order valence-corrected chi connectivity index (χ1v) is 7.53. The molecule has 4 heteroatoms. The third-order valence-electron chi connectivity index (χ3n) is 3.71. The topological polar surface area (TPSA) is 32.3 Å². The van der Waals surface area contributed by atoms with Crippen molar-refractivity contribution < 1.29 is 4.79 Å². The first kappa shape index (κ1) is 14.0. The van der Waals surface area contributed by atoms with Crippen LogP contribution in [0.2, 0.25) is 5.02 Å². The van der Waals surface area contributed by atoms with Gasteiger partial charge in [-0.1, -0.05) is 29.8 Å². The minimum absolute atomic E-state index is 0.143. The second-order valence-corrected chi connectivity index (χ2v) is 5.59. The van der Waals surface area contributed by atoms with E-state index in [4.69, 9.17) is 11.6 Å². The van der Waals surface area contributed by atoms with Crippen molar-refractivity contribution in [1.82, 2.24) is 0 Å². The van der Waals surface area contributed by atoms with Crippen LogP contribution in [0.15, 0.2) is 48.5 Å². The molecule has 108 valence electrons. The van der Waals surface area contributed by atoms with Gasteiger partial charge in [-0.05, 0) is 43.2 Å². The number of carbonyl (C=O) groups is 1. The van der Waals surface area contributed by atoms with Gasteiger partial charge in [-0.15, -0.1) is 0 Å². The zero-order valence-corrected chi connectivity index (χ0v) is 12.4. The second kappa shape index (κ2) is 6.19. The van der Waals surface area contributed by atoms with Gasteiger partial charge in [-0.25, -0.2) is 0 Å². The van der Waals surface area contributed by atoms with Crippen molar-refractivity contribution >= 4 is 28.9 Å². The van der Waals surface area contributed by atoms with Crippen LogP contribution in [0.4, 0.5) is 11.4 Å². The lowest BCUT2D eigenvalue weighted by Gasteiger charge is -2.19. The van der Waals surface area contributed by atoms with E-state index in [9.17, 15) is 4.79 Å². The Morgan fingerprint density at radius 2 is 1.76 bits per heavy atom. The van der Waals surface area contributed by atoms with E-state index in [1.54, 1.807) is 12.1 Å². The zero-order valence-electron chi connectivity index (χ0n) is 11.7. The first-order chi connectivity index (χ1) is 10.2. The largest absolute Gasteiger partial charge is 0.371 e. The maximum atomic E-state index is 12.2. The third kappa shape index (κ3) is 3.19. The van der Waals surface area contributed by atoms with Crippen LogP contribution < -0.4 is 10.2 Å². The molecule has 1 aliphatic rings. The average molecular weight is 301 g/mol. The summed E-state index contributed by atoms with van der Waals surface area (Å²) in [6.07, 6.45) is 2.43. The normalized spacial score (nSPS) is 14.2. The molecule has 0 radical (unpaired) electrons. The summed E-state index contributed by atoms with van der Waals surface area (Å²) in [5.41, 5.74) is 2.40. The number of anilines is 2. The molecule has 1 aliphatic heterocycles. The van der Waals surface area contributed by atoms with Gasteiger partial charge in [0.1, 0.15) is 0 Å². The molecule has 0 spiro atoms. The first-order valence-electron chi connectivity index (χ1n) is 7.15. The molecule has 0 saturated carbocycles. The van der Waals surface area contributed by atoms with E-state index in [-0.39, 0.29) is 5.91 Å². The van der Waals surface area contributed by atoms with Crippen LogP contribution >= 0.6 is 11.6 Å². The molecular weight excluding hydrogens is 284 g/mol. The molecule has 0 atom stereocenters. The van der Waals surface area contributed by atoms with Crippen molar-refractivity contribution in [3.63, 3.8) is 0 Å². The molecule has 0 aliphatic carbocycles. The average Bonchev–Trinajstić information content (AvgIpc) is 3.04. The van der Waals surface area contributed by atoms with Crippen LogP contribution in [0, 0.1) is 0 Å². The molecule has 0 unspecified atom stereocenters. The number of amides is 1. The Morgan fingerprint density at radius 3 is 2.48 bits per heavy atom. The van der Waals surface area contributed by atoms with E-state index in [0.29, 0.717) is 16.3 Å². The van der Waals surface area contributed by atoms with Crippen LogP contribution in [0.3, 0.4) is 0 Å². The van der Waals surface area contributed by atoms with E-state index in [1.165, 1.54) is 12.8 Å². The van der Waals surface area contributed by atoms with Gasteiger partial charge < -0.3 is 10.2 Å². The summed E-state index contributed by atoms with van der Waals surface area (Å²) in [7, 11) is 0. The van der Waals surface area contributed by atoms with E-state index in [2.05, 4.69) is 10.2 Å². The number of benzene rings is 2. The van der Waals surface area contributed by atoms with E-state index in [0.717, 1.165) is 18.8 Å². The van der Waals surface area contributed by atoms with E-state index >= 15 is 0 Å². The fourth-order valence-corrected chi connectivity index (χ4v) is 2.73. The highest BCUT2D eigenvalue weighted by atomic mass is 35.5. The van der Waals surface area contributed by atoms with Gasteiger partial charge in [0.05, 0.1) is 10.7 Å². The Balaban J connectivity index is 1.81. The van der Waals surface area contributed by atoms with Crippen molar-refractivity contribution in [2.45, 2.75) is 12.8 Å². The van der Waals surface area contributed by atoms with Crippen LogP contribution in [0.1, 0.15) is 23.2 Å². The number of hydrogen-bond donors (Lipinski definition) is 1. The molecule has 0 bridgehead atoms. The Kier molecular flexibility index (Phi) is 4.11. The summed E-state index contributed by atoms with van der Waals surface area (Å²) < 4.78 is 0. The monoisotopic (exact) mass is 300 g/mol. The highest BCUT2D eigenvalue weighted by Gasteiger charge is 2.15. The SMILES string of the molecule is O=C(Nc1cc(N2CCCC2)ccc1Cl)c1ccccc1. The van der Waals surface area contributed by atoms with Gasteiger partial charge >= 0.3 is 0 Å². The van der Waals surface area contributed by atoms with E-state index in [1.807, 2.05) is 36.4 Å². The Hall–Kier alpha value is -2.00. The minimum Gasteiger partial charge on any atom is -0.371 e. The van der Waals surface area contributed by atoms with Gasteiger partial charge in [0.15, 0.2) is 0 Å². The van der Waals surface area contributed by atoms with Crippen LogP contribution in [0.25, 0.3) is 0 Å². The summed E-state index contributed by atoms with van der Waals surface area (Å²) in [5, 5.41) is 3.45. The lowest BCUT2D eigenvalue weighted by molar-refractivity contribution is 0.102. The third-order valence-corrected chi connectivity index (χ3v) is 4.03. The van der Waals surface area contributed by atoms with Crippen molar-refractivity contribution in [1.29, 1.82) is 0 Å². The van der Waals surface area contributed by atoms with Gasteiger partial charge in [0.2, 0.25) is 0 Å². The predicted molar refractivity (Wildman–Crippen MR) is 87.3 cm³/mol. The summed E-state index contributed by atoms with van der Waals surface area (Å²) in [5.74, 6) is -0.143. The van der Waals surface area contributed by atoms with Crippen molar-refractivity contribution in [3.8, 4) is 0 Å². The number of halogens is 1. The van der Waals surface area contributed by atoms with Crippen molar-refractivity contribution in [2.75, 3.05) is 23.3 Å². The van der Waals surface area contributed by atoms with Crippen LogP contribution in [-0.4, -0.2) is 19.0 Å². The highest BCUT2D eigenvalue weighted by Crippen LogP contribution is 2.29. The zero-order chi connectivity index (χ0) is 14.7. The molecule has 2 aromatic carbocycles. The molecule has 21 heavy (non-hydrogen) atoms. The van der Waals surface area contributed by atoms with Gasteiger partial charge in [-0.2, -0.15) is 0 Å².